The van der Waals surface area contributed by atoms with E-state index in [4.69, 9.17) is 0 Å². The van der Waals surface area contributed by atoms with Gasteiger partial charge in [0.25, 0.3) is 10.0 Å². The zero-order chi connectivity index (χ0) is 24.0. The molecule has 0 spiro atoms. The van der Waals surface area contributed by atoms with Crippen LogP contribution in [-0.2, 0) is 24.8 Å². The van der Waals surface area contributed by atoms with Gasteiger partial charge in [0, 0.05) is 0 Å². The van der Waals surface area contributed by atoms with E-state index in [-0.39, 0.29) is 28.2 Å². The van der Waals surface area contributed by atoms with Gasteiger partial charge >= 0.3 is 0 Å². The molecule has 1 N–H and O–H groups in total. The van der Waals surface area contributed by atoms with Gasteiger partial charge in [-0.15, -0.1) is 0 Å². The molecule has 9 heteroatoms. The molecule has 0 bridgehead atoms. The Hall–Kier alpha value is -2.39. The number of hydrogen-bond donors (Lipinski definition) is 1. The summed E-state index contributed by atoms with van der Waals surface area (Å²) < 4.78 is 55.0. The zero-order valence-corrected chi connectivity index (χ0v) is 20.8. The van der Waals surface area contributed by atoms with Gasteiger partial charge in [-0.25, -0.2) is 21.1 Å². The molecule has 0 aromatic heterocycles. The number of hydrogen-bond acceptors (Lipinski definition) is 5. The van der Waals surface area contributed by atoms with E-state index < -0.39 is 31.9 Å². The molecule has 2 aromatic carbocycles. The number of aryl methyl sites for hydroxylation is 1. The van der Waals surface area contributed by atoms with Crippen LogP contribution in [0.15, 0.2) is 41.3 Å². The van der Waals surface area contributed by atoms with Crippen molar-refractivity contribution < 1.29 is 21.6 Å². The molecule has 7 nitrogen and oxygen atoms in total. The zero-order valence-electron chi connectivity index (χ0n) is 19.2. The van der Waals surface area contributed by atoms with Gasteiger partial charge < -0.3 is 0 Å². The lowest BCUT2D eigenvalue weighted by Gasteiger charge is -2.22. The smallest absolute Gasteiger partial charge is 0.262 e. The lowest BCUT2D eigenvalue weighted by atomic mass is 9.93. The number of amides is 1. The number of benzene rings is 2. The van der Waals surface area contributed by atoms with Crippen molar-refractivity contribution in [1.29, 1.82) is 0 Å². The third-order valence-corrected chi connectivity index (χ3v) is 9.03. The lowest BCUT2D eigenvalue weighted by Crippen LogP contribution is -2.30. The van der Waals surface area contributed by atoms with Crippen molar-refractivity contribution in [3.63, 3.8) is 0 Å². The first-order valence-electron chi connectivity index (χ1n) is 10.6. The van der Waals surface area contributed by atoms with E-state index in [0.29, 0.717) is 11.3 Å². The van der Waals surface area contributed by atoms with Gasteiger partial charge in [0.05, 0.1) is 27.9 Å². The second kappa shape index (κ2) is 8.51. The number of nitrogens with zero attached hydrogens (tertiary/aromatic N) is 1. The monoisotopic (exact) mass is 478 g/mol. The molecule has 174 valence electrons. The van der Waals surface area contributed by atoms with Crippen molar-refractivity contribution in [2.75, 3.05) is 14.8 Å². The predicted octanol–water partition coefficient (Wildman–Crippen LogP) is 4.36. The summed E-state index contributed by atoms with van der Waals surface area (Å²) in [5.74, 6) is -1.17. The van der Waals surface area contributed by atoms with E-state index in [0.717, 1.165) is 15.4 Å². The molecule has 3 rings (SSSR count). The van der Waals surface area contributed by atoms with Crippen LogP contribution in [0, 0.1) is 12.8 Å². The van der Waals surface area contributed by atoms with Crippen LogP contribution in [0.1, 0.15) is 63.1 Å². The van der Waals surface area contributed by atoms with Crippen molar-refractivity contribution >= 4 is 37.3 Å². The van der Waals surface area contributed by atoms with Crippen LogP contribution in [-0.4, -0.2) is 28.5 Å². The summed E-state index contributed by atoms with van der Waals surface area (Å²) in [5.41, 5.74) is 2.88. The molecular weight excluding hydrogens is 448 g/mol. The number of carbonyl (C=O) groups is 1. The van der Waals surface area contributed by atoms with Crippen molar-refractivity contribution in [3.05, 3.63) is 53.1 Å². The average Bonchev–Trinajstić information content (AvgIpc) is 2.87. The van der Waals surface area contributed by atoms with Crippen molar-refractivity contribution in [2.45, 2.75) is 58.3 Å². The van der Waals surface area contributed by atoms with Gasteiger partial charge in [0.2, 0.25) is 15.9 Å². The maximum atomic E-state index is 13.3. The first-order valence-corrected chi connectivity index (χ1v) is 13.7. The van der Waals surface area contributed by atoms with Gasteiger partial charge in [-0.1, -0.05) is 52.8 Å². The highest BCUT2D eigenvalue weighted by molar-refractivity contribution is 7.94. The molecule has 1 aliphatic heterocycles. The summed E-state index contributed by atoms with van der Waals surface area (Å²) in [6, 6.07) is 9.90. The number of anilines is 2. The van der Waals surface area contributed by atoms with E-state index in [9.17, 15) is 21.6 Å². The highest BCUT2D eigenvalue weighted by Gasteiger charge is 2.42. The molecule has 32 heavy (non-hydrogen) atoms. The molecule has 1 unspecified atom stereocenters. The second-order valence-corrected chi connectivity index (χ2v) is 12.5. The Morgan fingerprint density at radius 1 is 1.03 bits per heavy atom. The SMILES string of the molecule is Cc1cc(N2C(=O)C(C)CS2(=O)=O)ccc1S(=O)(=O)Nc1c(C(C)C)cccc1C(C)C. The minimum atomic E-state index is -3.95. The third-order valence-electron chi connectivity index (χ3n) is 5.65. The van der Waals surface area contributed by atoms with Crippen LogP contribution >= 0.6 is 0 Å². The van der Waals surface area contributed by atoms with Crippen molar-refractivity contribution in [2.24, 2.45) is 5.92 Å². The minimum absolute atomic E-state index is 0.0339. The molecule has 1 aliphatic rings. The average molecular weight is 479 g/mol. The van der Waals surface area contributed by atoms with Crippen LogP contribution in [0.2, 0.25) is 0 Å². The number of carbonyl (C=O) groups excluding carboxylic acids is 1. The first-order chi connectivity index (χ1) is 14.8. The van der Waals surface area contributed by atoms with E-state index in [2.05, 4.69) is 4.72 Å². The number of sulfonamides is 2. The maximum absolute atomic E-state index is 13.3. The fraction of sp³-hybridized carbons (Fsp3) is 0.435. The molecule has 0 saturated carbocycles. The summed E-state index contributed by atoms with van der Waals surface area (Å²) in [4.78, 5) is 12.4. The van der Waals surface area contributed by atoms with Crippen LogP contribution in [0.5, 0.6) is 0 Å². The van der Waals surface area contributed by atoms with E-state index in [1.165, 1.54) is 18.2 Å². The summed E-state index contributed by atoms with van der Waals surface area (Å²) in [5, 5.41) is 0. The minimum Gasteiger partial charge on any atom is -0.279 e. The Labute approximate surface area is 190 Å². The molecule has 1 amide bonds. The Kier molecular flexibility index (Phi) is 6.45. The van der Waals surface area contributed by atoms with E-state index in [1.807, 2.05) is 45.9 Å². The summed E-state index contributed by atoms with van der Waals surface area (Å²) in [6.07, 6.45) is 0. The van der Waals surface area contributed by atoms with E-state index in [1.54, 1.807) is 13.8 Å². The highest BCUT2D eigenvalue weighted by atomic mass is 32.2. The molecule has 1 atom stereocenters. The van der Waals surface area contributed by atoms with Crippen molar-refractivity contribution in [3.8, 4) is 0 Å². The van der Waals surface area contributed by atoms with Crippen LogP contribution in [0.4, 0.5) is 11.4 Å². The van der Waals surface area contributed by atoms with Gasteiger partial charge in [0.15, 0.2) is 0 Å². The van der Waals surface area contributed by atoms with Crippen LogP contribution < -0.4 is 9.03 Å². The molecular formula is C23H30N2O5S2. The van der Waals surface area contributed by atoms with Gasteiger partial charge in [-0.2, -0.15) is 0 Å². The lowest BCUT2D eigenvalue weighted by molar-refractivity contribution is -0.119. The van der Waals surface area contributed by atoms with Crippen LogP contribution in [0.3, 0.4) is 0 Å². The Balaban J connectivity index is 2.04. The fourth-order valence-corrected chi connectivity index (χ4v) is 7.16. The highest BCUT2D eigenvalue weighted by Crippen LogP contribution is 2.35. The number of para-hydroxylation sites is 1. The van der Waals surface area contributed by atoms with Gasteiger partial charge in [-0.3, -0.25) is 9.52 Å². The predicted molar refractivity (Wildman–Crippen MR) is 127 cm³/mol. The molecule has 1 saturated heterocycles. The first kappa shape index (κ1) is 24.3. The normalized spacial score (nSPS) is 18.6. The second-order valence-electron chi connectivity index (χ2n) is 8.96. The largest absolute Gasteiger partial charge is 0.279 e. The molecule has 0 aliphatic carbocycles. The summed E-state index contributed by atoms with van der Waals surface area (Å²) >= 11 is 0. The quantitative estimate of drug-likeness (QED) is 0.665. The van der Waals surface area contributed by atoms with E-state index >= 15 is 0 Å². The molecule has 2 aromatic rings. The number of rotatable bonds is 6. The summed E-state index contributed by atoms with van der Waals surface area (Å²) in [6.45, 7) is 11.2. The molecule has 1 heterocycles. The maximum Gasteiger partial charge on any atom is 0.262 e. The van der Waals surface area contributed by atoms with Crippen LogP contribution in [0.25, 0.3) is 0 Å². The molecule has 1 fully saturated rings. The Morgan fingerprint density at radius 2 is 1.59 bits per heavy atom. The number of nitrogens with one attached hydrogen (secondary N) is 1. The van der Waals surface area contributed by atoms with Gasteiger partial charge in [0.1, 0.15) is 0 Å². The fourth-order valence-electron chi connectivity index (χ4n) is 4.01. The standard InChI is InChI=1S/C23H30N2O5S2/c1-14(2)19-8-7-9-20(15(3)4)22(19)24-32(29,30)21-11-10-18(12-16(21)5)25-23(26)17(6)13-31(25,27)28/h7-12,14-15,17,24H,13H2,1-6H3. The van der Waals surface area contributed by atoms with Gasteiger partial charge in [-0.05, 0) is 53.6 Å². The third kappa shape index (κ3) is 4.41. The topological polar surface area (TPSA) is 101 Å². The Bertz CT molecular complexity index is 1240. The Morgan fingerprint density at radius 3 is 2.03 bits per heavy atom. The van der Waals surface area contributed by atoms with Crippen molar-refractivity contribution in [1.82, 2.24) is 0 Å². The summed E-state index contributed by atoms with van der Waals surface area (Å²) in [7, 11) is -7.72. The molecule has 0 radical (unpaired) electrons.